The van der Waals surface area contributed by atoms with Crippen LogP contribution >= 0.6 is 34.5 Å². The molecule has 0 aliphatic rings. The Labute approximate surface area is 176 Å². The summed E-state index contributed by atoms with van der Waals surface area (Å²) in [5.74, 6) is 0.0889. The van der Waals surface area contributed by atoms with E-state index < -0.39 is 0 Å². The Morgan fingerprint density at radius 3 is 2.61 bits per heavy atom. The third-order valence-corrected chi connectivity index (χ3v) is 5.45. The third kappa shape index (κ3) is 4.92. The summed E-state index contributed by atoms with van der Waals surface area (Å²) >= 11 is 13.5. The second-order valence-corrected chi connectivity index (χ2v) is 7.52. The van der Waals surface area contributed by atoms with E-state index in [0.717, 1.165) is 0 Å². The van der Waals surface area contributed by atoms with E-state index in [1.807, 2.05) is 18.4 Å². The standard InChI is InChI=1S/C19H17Cl2N3O3S/c1-2-24(10-16(25)23-18-13(20)5-3-6-14(18)21)17(26)9-12-11-28-19(22-12)15-7-4-8-27-15/h3-8,11H,2,9-10H2,1H3,(H,23,25). The number of rotatable bonds is 7. The molecule has 0 fully saturated rings. The van der Waals surface area contributed by atoms with Crippen LogP contribution in [0.1, 0.15) is 12.6 Å². The first kappa shape index (κ1) is 20.4. The van der Waals surface area contributed by atoms with Crippen LogP contribution < -0.4 is 5.32 Å². The van der Waals surface area contributed by atoms with Crippen LogP contribution in [0.2, 0.25) is 10.0 Å². The van der Waals surface area contributed by atoms with E-state index in [4.69, 9.17) is 27.6 Å². The number of benzene rings is 1. The molecule has 0 aliphatic heterocycles. The van der Waals surface area contributed by atoms with Crippen molar-refractivity contribution in [3.63, 3.8) is 0 Å². The van der Waals surface area contributed by atoms with Crippen molar-refractivity contribution >= 4 is 52.0 Å². The van der Waals surface area contributed by atoms with Gasteiger partial charge in [0, 0.05) is 11.9 Å². The fraction of sp³-hybridized carbons (Fsp3) is 0.211. The van der Waals surface area contributed by atoms with Crippen LogP contribution in [0.25, 0.3) is 10.8 Å². The molecule has 2 aromatic heterocycles. The van der Waals surface area contributed by atoms with E-state index in [2.05, 4.69) is 10.3 Å². The number of aromatic nitrogens is 1. The SMILES string of the molecule is CCN(CC(=O)Nc1c(Cl)cccc1Cl)C(=O)Cc1csc(-c2ccco2)n1. The van der Waals surface area contributed by atoms with Crippen molar-refractivity contribution in [2.75, 3.05) is 18.4 Å². The van der Waals surface area contributed by atoms with Gasteiger partial charge in [-0.1, -0.05) is 29.3 Å². The Morgan fingerprint density at radius 1 is 1.21 bits per heavy atom. The smallest absolute Gasteiger partial charge is 0.244 e. The maximum Gasteiger partial charge on any atom is 0.244 e. The molecule has 0 saturated carbocycles. The van der Waals surface area contributed by atoms with Gasteiger partial charge >= 0.3 is 0 Å². The Bertz CT molecular complexity index is 952. The number of hydrogen-bond donors (Lipinski definition) is 1. The topological polar surface area (TPSA) is 75.4 Å². The molecule has 0 unspecified atom stereocenters. The minimum atomic E-state index is -0.375. The number of furan rings is 1. The molecule has 6 nitrogen and oxygen atoms in total. The lowest BCUT2D eigenvalue weighted by Gasteiger charge is -2.20. The van der Waals surface area contributed by atoms with Crippen LogP contribution in [0.4, 0.5) is 5.69 Å². The number of carbonyl (C=O) groups excluding carboxylic acids is 2. The quantitative estimate of drug-likeness (QED) is 0.578. The fourth-order valence-corrected chi connectivity index (χ4v) is 3.79. The first-order chi connectivity index (χ1) is 13.5. The lowest BCUT2D eigenvalue weighted by atomic mass is 10.2. The second-order valence-electron chi connectivity index (χ2n) is 5.85. The van der Waals surface area contributed by atoms with Crippen LogP contribution in [-0.4, -0.2) is 34.8 Å². The number of likely N-dealkylation sites (N-methyl/N-ethyl adjacent to an activating group) is 1. The average molecular weight is 438 g/mol. The van der Waals surface area contributed by atoms with Crippen molar-refractivity contribution in [3.05, 3.63) is 57.7 Å². The van der Waals surface area contributed by atoms with Gasteiger partial charge in [-0.15, -0.1) is 11.3 Å². The van der Waals surface area contributed by atoms with Crippen molar-refractivity contribution in [1.29, 1.82) is 0 Å². The average Bonchev–Trinajstić information content (AvgIpc) is 3.34. The molecule has 1 N–H and O–H groups in total. The molecule has 0 aliphatic carbocycles. The van der Waals surface area contributed by atoms with Crippen molar-refractivity contribution in [1.82, 2.24) is 9.88 Å². The van der Waals surface area contributed by atoms with Crippen molar-refractivity contribution in [2.45, 2.75) is 13.3 Å². The summed E-state index contributed by atoms with van der Waals surface area (Å²) in [6.45, 7) is 2.09. The predicted octanol–water partition coefficient (Wildman–Crippen LogP) is 4.74. The lowest BCUT2D eigenvalue weighted by molar-refractivity contribution is -0.133. The largest absolute Gasteiger partial charge is 0.462 e. The molecule has 3 rings (SSSR count). The number of thiazole rings is 1. The predicted molar refractivity (Wildman–Crippen MR) is 111 cm³/mol. The van der Waals surface area contributed by atoms with Gasteiger partial charge in [-0.05, 0) is 31.2 Å². The van der Waals surface area contributed by atoms with Gasteiger partial charge in [-0.3, -0.25) is 9.59 Å². The number of nitrogens with zero attached hydrogens (tertiary/aromatic N) is 2. The molecular formula is C19H17Cl2N3O3S. The number of amides is 2. The Kier molecular flexibility index (Phi) is 6.72. The van der Waals surface area contributed by atoms with E-state index in [1.54, 1.807) is 30.5 Å². The monoisotopic (exact) mass is 437 g/mol. The summed E-state index contributed by atoms with van der Waals surface area (Å²) in [6, 6.07) is 8.54. The highest BCUT2D eigenvalue weighted by molar-refractivity contribution is 7.13. The minimum Gasteiger partial charge on any atom is -0.462 e. The van der Waals surface area contributed by atoms with Gasteiger partial charge in [0.1, 0.15) is 0 Å². The number of nitrogens with one attached hydrogen (secondary N) is 1. The first-order valence-corrected chi connectivity index (χ1v) is 10.1. The number of anilines is 1. The lowest BCUT2D eigenvalue weighted by Crippen LogP contribution is -2.38. The van der Waals surface area contributed by atoms with Crippen LogP contribution in [-0.2, 0) is 16.0 Å². The van der Waals surface area contributed by atoms with E-state index >= 15 is 0 Å². The third-order valence-electron chi connectivity index (χ3n) is 3.91. The number of hydrogen-bond acceptors (Lipinski definition) is 5. The zero-order valence-electron chi connectivity index (χ0n) is 14.9. The van der Waals surface area contributed by atoms with E-state index in [1.165, 1.54) is 16.2 Å². The zero-order valence-corrected chi connectivity index (χ0v) is 17.3. The molecule has 0 radical (unpaired) electrons. The maximum atomic E-state index is 12.6. The van der Waals surface area contributed by atoms with E-state index in [-0.39, 0.29) is 24.8 Å². The Morgan fingerprint density at radius 2 is 1.96 bits per heavy atom. The molecule has 0 bridgehead atoms. The highest BCUT2D eigenvalue weighted by Crippen LogP contribution is 2.29. The van der Waals surface area contributed by atoms with Crippen molar-refractivity contribution in [2.24, 2.45) is 0 Å². The second kappa shape index (κ2) is 9.23. The van der Waals surface area contributed by atoms with Crippen LogP contribution in [0.3, 0.4) is 0 Å². The molecule has 28 heavy (non-hydrogen) atoms. The fourth-order valence-electron chi connectivity index (χ4n) is 2.51. The van der Waals surface area contributed by atoms with Gasteiger partial charge in [0.05, 0.1) is 40.7 Å². The molecular weight excluding hydrogens is 421 g/mol. The summed E-state index contributed by atoms with van der Waals surface area (Å²) in [4.78, 5) is 30.8. The molecule has 3 aromatic rings. The van der Waals surface area contributed by atoms with E-state index in [0.29, 0.717) is 38.7 Å². The normalized spacial score (nSPS) is 10.7. The van der Waals surface area contributed by atoms with Gasteiger partial charge in [0.2, 0.25) is 11.8 Å². The summed E-state index contributed by atoms with van der Waals surface area (Å²) in [7, 11) is 0. The van der Waals surface area contributed by atoms with Gasteiger partial charge in [-0.2, -0.15) is 0 Å². The summed E-state index contributed by atoms with van der Waals surface area (Å²) < 4.78 is 5.31. The Balaban J connectivity index is 1.61. The molecule has 1 aromatic carbocycles. The molecule has 0 saturated heterocycles. The Hall–Kier alpha value is -2.35. The first-order valence-electron chi connectivity index (χ1n) is 8.47. The molecule has 0 spiro atoms. The van der Waals surface area contributed by atoms with Gasteiger partial charge in [0.15, 0.2) is 10.8 Å². The highest BCUT2D eigenvalue weighted by Gasteiger charge is 2.19. The van der Waals surface area contributed by atoms with Crippen LogP contribution in [0, 0.1) is 0 Å². The minimum absolute atomic E-state index is 0.102. The maximum absolute atomic E-state index is 12.6. The van der Waals surface area contributed by atoms with Crippen LogP contribution in [0.5, 0.6) is 0 Å². The highest BCUT2D eigenvalue weighted by atomic mass is 35.5. The number of carbonyl (C=O) groups is 2. The van der Waals surface area contributed by atoms with Gasteiger partial charge in [0.25, 0.3) is 0 Å². The van der Waals surface area contributed by atoms with Crippen LogP contribution in [0.15, 0.2) is 46.4 Å². The van der Waals surface area contributed by atoms with Crippen molar-refractivity contribution in [3.8, 4) is 10.8 Å². The van der Waals surface area contributed by atoms with Gasteiger partial charge < -0.3 is 14.6 Å². The van der Waals surface area contributed by atoms with Crippen molar-refractivity contribution < 1.29 is 14.0 Å². The molecule has 146 valence electrons. The molecule has 0 atom stereocenters. The summed E-state index contributed by atoms with van der Waals surface area (Å²) in [6.07, 6.45) is 1.68. The van der Waals surface area contributed by atoms with E-state index in [9.17, 15) is 9.59 Å². The molecule has 9 heteroatoms. The molecule has 2 heterocycles. The number of para-hydroxylation sites is 1. The zero-order chi connectivity index (χ0) is 20.1. The number of halogens is 2. The summed E-state index contributed by atoms with van der Waals surface area (Å²) in [5.41, 5.74) is 0.969. The molecule has 2 amide bonds. The summed E-state index contributed by atoms with van der Waals surface area (Å²) in [5, 5.41) is 5.86. The van der Waals surface area contributed by atoms with Gasteiger partial charge in [-0.25, -0.2) is 4.98 Å².